The number of piperidine rings is 1. The Kier molecular flexibility index (Phi) is 8.80. The predicted octanol–water partition coefficient (Wildman–Crippen LogP) is 4.21. The zero-order valence-electron chi connectivity index (χ0n) is 18.5. The summed E-state index contributed by atoms with van der Waals surface area (Å²) < 4.78 is 27.3. The van der Waals surface area contributed by atoms with E-state index in [0.29, 0.717) is 19.6 Å². The molecule has 0 aromatic carbocycles. The lowest BCUT2D eigenvalue weighted by Crippen LogP contribution is -2.40. The SMILES string of the molecule is C=CC/C=C\C=C1/CC(C)=C(C(=O)NCC2=CC#CC(S(=O)(=O)N3CCCCC3)C=C2)S1. The van der Waals surface area contributed by atoms with Gasteiger partial charge in [0.2, 0.25) is 10.0 Å². The van der Waals surface area contributed by atoms with E-state index in [2.05, 4.69) is 23.7 Å². The van der Waals surface area contributed by atoms with Crippen molar-refractivity contribution in [3.8, 4) is 11.8 Å². The van der Waals surface area contributed by atoms with Crippen molar-refractivity contribution in [3.63, 3.8) is 0 Å². The monoisotopic (exact) mass is 470 g/mol. The van der Waals surface area contributed by atoms with Gasteiger partial charge in [-0.2, -0.15) is 0 Å². The number of carbonyl (C=O) groups excluding carboxylic acids is 1. The summed E-state index contributed by atoms with van der Waals surface area (Å²) in [5, 5.41) is 2.10. The zero-order valence-corrected chi connectivity index (χ0v) is 20.1. The highest BCUT2D eigenvalue weighted by Gasteiger charge is 2.30. The standard InChI is InChI=1S/C25H30N2O3S2/c1-3-4-5-7-12-22-18-20(2)24(31-22)25(28)26-19-21-11-10-13-23(15-14-21)32(29,30)27-16-8-6-9-17-27/h3,5,7,11-12,14-15,23H,1,4,6,8-9,16-19H2,2H3,(H,26,28)/b7-5-,22-12+. The first-order chi connectivity index (χ1) is 15.4. The van der Waals surface area contributed by atoms with Crippen molar-refractivity contribution < 1.29 is 13.2 Å². The number of nitrogens with one attached hydrogen (secondary N) is 1. The number of allylic oxidation sites excluding steroid dienone is 7. The van der Waals surface area contributed by atoms with Gasteiger partial charge in [0.25, 0.3) is 5.91 Å². The molecule has 1 N–H and O–H groups in total. The number of rotatable bonds is 8. The Balaban J connectivity index is 1.55. The summed E-state index contributed by atoms with van der Waals surface area (Å²) in [6.45, 7) is 7.10. The van der Waals surface area contributed by atoms with Crippen molar-refractivity contribution in [2.45, 2.75) is 44.3 Å². The summed E-state index contributed by atoms with van der Waals surface area (Å²) in [7, 11) is -3.48. The summed E-state index contributed by atoms with van der Waals surface area (Å²) in [6.07, 6.45) is 17.4. The van der Waals surface area contributed by atoms with Crippen LogP contribution < -0.4 is 5.32 Å². The molecule has 3 rings (SSSR count). The lowest BCUT2D eigenvalue weighted by Gasteiger charge is -2.27. The molecule has 1 aliphatic carbocycles. The second kappa shape index (κ2) is 11.6. The number of nitrogens with zero attached hydrogens (tertiary/aromatic N) is 1. The second-order valence-corrected chi connectivity index (χ2v) is 11.1. The van der Waals surface area contributed by atoms with Crippen molar-refractivity contribution in [2.75, 3.05) is 19.6 Å². The minimum Gasteiger partial charge on any atom is -0.347 e. The fourth-order valence-corrected chi connectivity index (χ4v) is 6.32. The first-order valence-corrected chi connectivity index (χ1v) is 13.2. The highest BCUT2D eigenvalue weighted by molar-refractivity contribution is 8.07. The van der Waals surface area contributed by atoms with Gasteiger partial charge in [0.05, 0.1) is 4.91 Å². The molecule has 1 atom stereocenters. The Morgan fingerprint density at radius 3 is 2.88 bits per heavy atom. The molecule has 32 heavy (non-hydrogen) atoms. The third kappa shape index (κ3) is 6.38. The molecule has 0 saturated carbocycles. The van der Waals surface area contributed by atoms with Gasteiger partial charge in [0, 0.05) is 26.1 Å². The Hall–Kier alpha value is -2.27. The minimum atomic E-state index is -3.48. The van der Waals surface area contributed by atoms with Crippen molar-refractivity contribution in [1.29, 1.82) is 0 Å². The minimum absolute atomic E-state index is 0.116. The van der Waals surface area contributed by atoms with E-state index in [-0.39, 0.29) is 5.91 Å². The van der Waals surface area contributed by atoms with Crippen molar-refractivity contribution >= 4 is 27.7 Å². The maximum absolute atomic E-state index is 12.9. The van der Waals surface area contributed by atoms with Crippen LogP contribution >= 0.6 is 11.8 Å². The predicted molar refractivity (Wildman–Crippen MR) is 133 cm³/mol. The van der Waals surface area contributed by atoms with Crippen molar-refractivity contribution in [3.05, 3.63) is 70.1 Å². The molecule has 5 nitrogen and oxygen atoms in total. The van der Waals surface area contributed by atoms with Gasteiger partial charge in [0.1, 0.15) is 0 Å². The number of hydrogen-bond donors (Lipinski definition) is 1. The van der Waals surface area contributed by atoms with Gasteiger partial charge >= 0.3 is 0 Å². The van der Waals surface area contributed by atoms with Gasteiger partial charge in [-0.05, 0) is 48.3 Å². The van der Waals surface area contributed by atoms with E-state index in [1.807, 2.05) is 31.2 Å². The van der Waals surface area contributed by atoms with E-state index in [0.717, 1.165) is 53.1 Å². The average molecular weight is 471 g/mol. The van der Waals surface area contributed by atoms with Gasteiger partial charge in [-0.1, -0.05) is 66.5 Å². The number of sulfonamides is 1. The quantitative estimate of drug-likeness (QED) is 0.426. The molecule has 3 aliphatic rings. The van der Waals surface area contributed by atoms with E-state index < -0.39 is 15.3 Å². The fourth-order valence-electron chi connectivity index (χ4n) is 3.63. The molecule has 2 heterocycles. The van der Waals surface area contributed by atoms with Gasteiger partial charge in [0.15, 0.2) is 5.25 Å². The molecule has 1 amide bonds. The molecule has 1 unspecified atom stereocenters. The molecular weight excluding hydrogens is 440 g/mol. The van der Waals surface area contributed by atoms with Gasteiger partial charge in [-0.15, -0.1) is 6.58 Å². The first-order valence-electron chi connectivity index (χ1n) is 10.9. The van der Waals surface area contributed by atoms with Crippen LogP contribution in [0, 0.1) is 11.8 Å². The summed E-state index contributed by atoms with van der Waals surface area (Å²) in [5.74, 6) is 5.59. The molecule has 0 spiro atoms. The Bertz CT molecular complexity index is 1060. The number of thioether (sulfide) groups is 1. The average Bonchev–Trinajstić information content (AvgIpc) is 3.00. The Labute approximate surface area is 196 Å². The molecule has 0 bridgehead atoms. The maximum Gasteiger partial charge on any atom is 0.258 e. The van der Waals surface area contributed by atoms with Crippen LogP contribution in [0.25, 0.3) is 0 Å². The van der Waals surface area contributed by atoms with Crippen molar-refractivity contribution in [1.82, 2.24) is 9.62 Å². The number of hydrogen-bond acceptors (Lipinski definition) is 4. The lowest BCUT2D eigenvalue weighted by molar-refractivity contribution is -0.116. The largest absolute Gasteiger partial charge is 0.347 e. The molecule has 0 aromatic rings. The van der Waals surface area contributed by atoms with Crippen LogP contribution in [0.2, 0.25) is 0 Å². The molecule has 0 aromatic heterocycles. The fraction of sp³-hybridized carbons (Fsp3) is 0.400. The Morgan fingerprint density at radius 2 is 2.12 bits per heavy atom. The van der Waals surface area contributed by atoms with Crippen LogP contribution in [-0.4, -0.2) is 43.5 Å². The topological polar surface area (TPSA) is 66.5 Å². The van der Waals surface area contributed by atoms with Crippen LogP contribution in [-0.2, 0) is 14.8 Å². The van der Waals surface area contributed by atoms with Crippen LogP contribution in [0.3, 0.4) is 0 Å². The second-order valence-electron chi connectivity index (χ2n) is 7.95. The van der Waals surface area contributed by atoms with E-state index in [9.17, 15) is 13.2 Å². The molecule has 1 saturated heterocycles. The van der Waals surface area contributed by atoms with Gasteiger partial charge < -0.3 is 5.32 Å². The van der Waals surface area contributed by atoms with Gasteiger partial charge in [-0.25, -0.2) is 12.7 Å². The molecule has 2 aliphatic heterocycles. The number of carbonyl (C=O) groups is 1. The van der Waals surface area contributed by atoms with Crippen LogP contribution in [0.15, 0.2) is 70.1 Å². The molecular formula is C25H30N2O3S2. The lowest BCUT2D eigenvalue weighted by atomic mass is 10.2. The van der Waals surface area contributed by atoms with E-state index in [1.165, 1.54) is 11.8 Å². The first kappa shape index (κ1) is 24.4. The smallest absolute Gasteiger partial charge is 0.258 e. The number of amides is 1. The molecule has 170 valence electrons. The van der Waals surface area contributed by atoms with Gasteiger partial charge in [-0.3, -0.25) is 4.79 Å². The molecule has 0 radical (unpaired) electrons. The molecule has 1 fully saturated rings. The maximum atomic E-state index is 12.9. The van der Waals surface area contributed by atoms with Crippen LogP contribution in [0.4, 0.5) is 0 Å². The summed E-state index contributed by atoms with van der Waals surface area (Å²) in [4.78, 5) is 14.6. The molecule has 7 heteroatoms. The summed E-state index contributed by atoms with van der Waals surface area (Å²) >= 11 is 1.50. The summed E-state index contributed by atoms with van der Waals surface area (Å²) in [6, 6.07) is 0. The van der Waals surface area contributed by atoms with E-state index >= 15 is 0 Å². The Morgan fingerprint density at radius 1 is 1.34 bits per heavy atom. The van der Waals surface area contributed by atoms with E-state index in [1.54, 1.807) is 22.5 Å². The van der Waals surface area contributed by atoms with E-state index in [4.69, 9.17) is 0 Å². The highest BCUT2D eigenvalue weighted by Crippen LogP contribution is 2.40. The van der Waals surface area contributed by atoms with Crippen LogP contribution in [0.1, 0.15) is 39.0 Å². The highest BCUT2D eigenvalue weighted by atomic mass is 32.2. The van der Waals surface area contributed by atoms with Crippen molar-refractivity contribution in [2.24, 2.45) is 0 Å². The third-order valence-corrected chi connectivity index (χ3v) is 8.69. The third-order valence-electron chi connectivity index (χ3n) is 5.40. The normalized spacial score (nSPS) is 23.1. The van der Waals surface area contributed by atoms with Crippen LogP contribution in [0.5, 0.6) is 0 Å². The zero-order chi connectivity index (χ0) is 23.0. The summed E-state index contributed by atoms with van der Waals surface area (Å²) in [5.41, 5.74) is 1.83.